The van der Waals surface area contributed by atoms with E-state index in [1.165, 1.54) is 22.3 Å². The van der Waals surface area contributed by atoms with Crippen LogP contribution in [-0.4, -0.2) is 8.80 Å². The molecule has 2 unspecified atom stereocenters. The van der Waals surface area contributed by atoms with E-state index >= 15 is 0 Å². The van der Waals surface area contributed by atoms with E-state index in [2.05, 4.69) is 103 Å². The maximum absolute atomic E-state index is 2.46. The highest BCUT2D eigenvalue weighted by atomic mass is 28.3. The molecule has 0 aliphatic heterocycles. The summed E-state index contributed by atoms with van der Waals surface area (Å²) < 4.78 is 0. The van der Waals surface area contributed by atoms with Gasteiger partial charge in [0.25, 0.3) is 0 Å². The monoisotopic (exact) mass is 336 g/mol. The highest BCUT2D eigenvalue weighted by Crippen LogP contribution is 2.40. The quantitative estimate of drug-likeness (QED) is 0.602. The molecule has 2 aliphatic carbocycles. The van der Waals surface area contributed by atoms with E-state index in [1.54, 1.807) is 5.19 Å². The van der Waals surface area contributed by atoms with Gasteiger partial charge in [-0.2, -0.15) is 0 Å². The Bertz CT molecular complexity index is 907. The summed E-state index contributed by atoms with van der Waals surface area (Å²) in [4.78, 5) is 0. The molecule has 0 nitrogen and oxygen atoms in total. The Hall–Kier alpha value is -2.64. The van der Waals surface area contributed by atoms with Crippen LogP contribution < -0.4 is 5.19 Å². The summed E-state index contributed by atoms with van der Waals surface area (Å²) in [6.07, 6.45) is 9.58. The molecular weight excluding hydrogens is 316 g/mol. The SMILES string of the molecule is C1=CC([SiH](c2ccccc2)C2C=Cc3ccccc32)c2ccccc21. The fraction of sp³-hybridized carbons (Fsp3) is 0.0833. The van der Waals surface area contributed by atoms with Crippen LogP contribution in [0.5, 0.6) is 0 Å². The average Bonchev–Trinajstić information content (AvgIpc) is 3.29. The summed E-state index contributed by atoms with van der Waals surface area (Å²) in [6, 6.07) is 29.1. The second kappa shape index (κ2) is 6.02. The number of benzene rings is 3. The Labute approximate surface area is 150 Å². The van der Waals surface area contributed by atoms with Crippen molar-refractivity contribution in [3.05, 3.63) is 113 Å². The predicted molar refractivity (Wildman–Crippen MR) is 110 cm³/mol. The first-order chi connectivity index (χ1) is 12.4. The molecule has 25 heavy (non-hydrogen) atoms. The van der Waals surface area contributed by atoms with Crippen LogP contribution in [-0.2, 0) is 0 Å². The van der Waals surface area contributed by atoms with Crippen molar-refractivity contribution in [3.8, 4) is 0 Å². The zero-order valence-electron chi connectivity index (χ0n) is 14.0. The fourth-order valence-corrected chi connectivity index (χ4v) is 8.52. The van der Waals surface area contributed by atoms with Crippen LogP contribution >= 0.6 is 0 Å². The zero-order valence-corrected chi connectivity index (χ0v) is 15.2. The first-order valence-corrected chi connectivity index (χ1v) is 10.9. The largest absolute Gasteiger partial charge is 0.0937 e. The molecule has 120 valence electrons. The lowest BCUT2D eigenvalue weighted by Gasteiger charge is -2.28. The Morgan fingerprint density at radius 1 is 0.520 bits per heavy atom. The lowest BCUT2D eigenvalue weighted by molar-refractivity contribution is 1.11. The second-order valence-electron chi connectivity index (χ2n) is 6.96. The molecule has 0 saturated heterocycles. The molecule has 0 bridgehead atoms. The van der Waals surface area contributed by atoms with Gasteiger partial charge in [-0.15, -0.1) is 0 Å². The van der Waals surface area contributed by atoms with Crippen LogP contribution in [0.15, 0.2) is 91.0 Å². The molecule has 2 atom stereocenters. The van der Waals surface area contributed by atoms with Gasteiger partial charge < -0.3 is 0 Å². The van der Waals surface area contributed by atoms with Gasteiger partial charge in [0.1, 0.15) is 0 Å². The van der Waals surface area contributed by atoms with Gasteiger partial charge >= 0.3 is 0 Å². The molecule has 0 saturated carbocycles. The van der Waals surface area contributed by atoms with E-state index < -0.39 is 8.80 Å². The lowest BCUT2D eigenvalue weighted by atomic mass is 10.1. The van der Waals surface area contributed by atoms with E-state index in [1.807, 2.05) is 0 Å². The van der Waals surface area contributed by atoms with Crippen LogP contribution in [0.3, 0.4) is 0 Å². The maximum Gasteiger partial charge on any atom is 0.0937 e. The van der Waals surface area contributed by atoms with Gasteiger partial charge in [0.15, 0.2) is 0 Å². The molecule has 0 N–H and O–H groups in total. The third-order valence-electron chi connectivity index (χ3n) is 5.63. The topological polar surface area (TPSA) is 0 Å². The van der Waals surface area contributed by atoms with Gasteiger partial charge in [0.2, 0.25) is 0 Å². The van der Waals surface area contributed by atoms with Crippen LogP contribution in [0.4, 0.5) is 0 Å². The predicted octanol–water partition coefficient (Wildman–Crippen LogP) is 4.82. The minimum absolute atomic E-state index is 0.555. The van der Waals surface area contributed by atoms with Gasteiger partial charge in [-0.05, 0) is 22.3 Å². The third-order valence-corrected chi connectivity index (χ3v) is 9.50. The molecule has 3 aromatic carbocycles. The van der Waals surface area contributed by atoms with E-state index in [0.29, 0.717) is 11.1 Å². The molecule has 1 heteroatoms. The van der Waals surface area contributed by atoms with Gasteiger partial charge in [-0.3, -0.25) is 0 Å². The highest BCUT2D eigenvalue weighted by Gasteiger charge is 2.36. The van der Waals surface area contributed by atoms with E-state index in [-0.39, 0.29) is 0 Å². The minimum Gasteiger partial charge on any atom is -0.0790 e. The Kier molecular flexibility index (Phi) is 3.53. The van der Waals surface area contributed by atoms with Crippen molar-refractivity contribution < 1.29 is 0 Å². The second-order valence-corrected chi connectivity index (χ2v) is 10.1. The number of fused-ring (bicyclic) bond motifs is 2. The van der Waals surface area contributed by atoms with E-state index in [4.69, 9.17) is 0 Å². The first-order valence-electron chi connectivity index (χ1n) is 9.01. The van der Waals surface area contributed by atoms with Crippen LogP contribution in [0.2, 0.25) is 0 Å². The molecule has 0 spiro atoms. The Morgan fingerprint density at radius 2 is 1.00 bits per heavy atom. The van der Waals surface area contributed by atoms with Crippen molar-refractivity contribution >= 4 is 26.1 Å². The van der Waals surface area contributed by atoms with Gasteiger partial charge in [0, 0.05) is 11.1 Å². The number of hydrogen-bond acceptors (Lipinski definition) is 0. The molecule has 0 heterocycles. The summed E-state index contributed by atoms with van der Waals surface area (Å²) in [5.74, 6) is 0. The fourth-order valence-electron chi connectivity index (χ4n) is 4.49. The Balaban J connectivity index is 1.65. The summed E-state index contributed by atoms with van der Waals surface area (Å²) in [5.41, 5.74) is 6.94. The normalized spacial score (nSPS) is 21.1. The van der Waals surface area contributed by atoms with Crippen molar-refractivity contribution in [1.82, 2.24) is 0 Å². The molecule has 0 amide bonds. The highest BCUT2D eigenvalue weighted by molar-refractivity contribution is 6.77. The third kappa shape index (κ3) is 2.43. The van der Waals surface area contributed by atoms with Crippen LogP contribution in [0.25, 0.3) is 12.2 Å². The lowest BCUT2D eigenvalue weighted by Crippen LogP contribution is -2.41. The van der Waals surface area contributed by atoms with Crippen molar-refractivity contribution in [1.29, 1.82) is 0 Å². The molecule has 2 aliphatic rings. The molecule has 5 rings (SSSR count). The summed E-state index contributed by atoms with van der Waals surface area (Å²) in [6.45, 7) is 0. The minimum atomic E-state index is -1.34. The van der Waals surface area contributed by atoms with Crippen molar-refractivity contribution in [3.63, 3.8) is 0 Å². The van der Waals surface area contributed by atoms with Crippen LogP contribution in [0.1, 0.15) is 33.3 Å². The maximum atomic E-state index is 2.46. The molecule has 0 radical (unpaired) electrons. The first kappa shape index (κ1) is 14.7. The molecular formula is C24H20Si. The average molecular weight is 337 g/mol. The molecule has 3 aromatic rings. The smallest absolute Gasteiger partial charge is 0.0790 e. The van der Waals surface area contributed by atoms with Crippen LogP contribution in [0, 0.1) is 0 Å². The standard InChI is InChI=1S/C24H20Si/c1-2-10-20(11-3-1)25(23-16-14-18-8-4-6-12-21(18)23)24-17-15-19-9-5-7-13-22(19)24/h1-17,23-25H. The van der Waals surface area contributed by atoms with E-state index in [9.17, 15) is 0 Å². The molecule has 0 aromatic heterocycles. The Morgan fingerprint density at radius 3 is 1.56 bits per heavy atom. The number of hydrogen-bond donors (Lipinski definition) is 0. The van der Waals surface area contributed by atoms with Gasteiger partial charge in [-0.25, -0.2) is 0 Å². The van der Waals surface area contributed by atoms with Crippen molar-refractivity contribution in [2.45, 2.75) is 11.1 Å². The summed E-state index contributed by atoms with van der Waals surface area (Å²) in [5, 5.41) is 1.56. The van der Waals surface area contributed by atoms with Gasteiger partial charge in [0.05, 0.1) is 8.80 Å². The van der Waals surface area contributed by atoms with Gasteiger partial charge in [-0.1, -0.05) is 108 Å². The zero-order chi connectivity index (χ0) is 16.6. The molecule has 0 fully saturated rings. The summed E-state index contributed by atoms with van der Waals surface area (Å²) >= 11 is 0. The van der Waals surface area contributed by atoms with Crippen molar-refractivity contribution in [2.24, 2.45) is 0 Å². The van der Waals surface area contributed by atoms with Crippen molar-refractivity contribution in [2.75, 3.05) is 0 Å². The van der Waals surface area contributed by atoms with E-state index in [0.717, 1.165) is 0 Å². The number of allylic oxidation sites excluding steroid dienone is 2. The summed E-state index contributed by atoms with van der Waals surface area (Å²) in [7, 11) is -1.34. The number of rotatable bonds is 3.